The van der Waals surface area contributed by atoms with Crippen molar-refractivity contribution in [2.75, 3.05) is 18.0 Å². The molecule has 0 aliphatic carbocycles. The quantitative estimate of drug-likeness (QED) is 0.753. The Morgan fingerprint density at radius 1 is 1.00 bits per heavy atom. The van der Waals surface area contributed by atoms with E-state index in [1.807, 2.05) is 60.7 Å². The van der Waals surface area contributed by atoms with Crippen molar-refractivity contribution in [2.45, 2.75) is 19.4 Å². The lowest BCUT2D eigenvalue weighted by Gasteiger charge is -2.31. The third kappa shape index (κ3) is 3.97. The summed E-state index contributed by atoms with van der Waals surface area (Å²) in [5.74, 6) is 0.886. The summed E-state index contributed by atoms with van der Waals surface area (Å²) in [7, 11) is 0. The van der Waals surface area contributed by atoms with E-state index in [-0.39, 0.29) is 11.8 Å². The number of piperidine rings is 1. The minimum absolute atomic E-state index is 0.0334. The maximum Gasteiger partial charge on any atom is 0.250 e. The molecule has 1 aromatic heterocycles. The van der Waals surface area contributed by atoms with Crippen molar-refractivity contribution in [1.82, 2.24) is 25.5 Å². The number of para-hydroxylation sites is 1. The van der Waals surface area contributed by atoms with Gasteiger partial charge in [-0.2, -0.15) is 4.68 Å². The molecule has 1 fully saturated rings. The van der Waals surface area contributed by atoms with Crippen molar-refractivity contribution in [3.05, 3.63) is 66.2 Å². The van der Waals surface area contributed by atoms with Gasteiger partial charge in [-0.1, -0.05) is 53.6 Å². The van der Waals surface area contributed by atoms with E-state index in [0.717, 1.165) is 43.1 Å². The summed E-state index contributed by atoms with van der Waals surface area (Å²) in [4.78, 5) is 14.6. The van der Waals surface area contributed by atoms with Crippen molar-refractivity contribution in [3.8, 4) is 5.69 Å². The number of benzene rings is 2. The van der Waals surface area contributed by atoms with Crippen LogP contribution in [0.15, 0.2) is 60.7 Å². The van der Waals surface area contributed by atoms with Crippen LogP contribution < -0.4 is 10.2 Å². The van der Waals surface area contributed by atoms with Crippen LogP contribution >= 0.6 is 0 Å². The van der Waals surface area contributed by atoms with E-state index in [0.29, 0.717) is 6.54 Å². The molecule has 2 aromatic carbocycles. The fraction of sp³-hybridized carbons (Fsp3) is 0.300. The summed E-state index contributed by atoms with van der Waals surface area (Å²) in [5.41, 5.74) is 2.05. The number of amides is 1. The summed E-state index contributed by atoms with van der Waals surface area (Å²) in [6.45, 7) is 2.10. The van der Waals surface area contributed by atoms with Gasteiger partial charge >= 0.3 is 0 Å². The lowest BCUT2D eigenvalue weighted by atomic mass is 9.96. The number of nitrogens with one attached hydrogen (secondary N) is 1. The molecule has 0 unspecified atom stereocenters. The van der Waals surface area contributed by atoms with Crippen LogP contribution in [0.5, 0.6) is 0 Å². The highest BCUT2D eigenvalue weighted by Gasteiger charge is 2.27. The lowest BCUT2D eigenvalue weighted by molar-refractivity contribution is -0.125. The number of carbonyl (C=O) groups excluding carboxylic acids is 1. The second-order valence-corrected chi connectivity index (χ2v) is 6.69. The van der Waals surface area contributed by atoms with Crippen molar-refractivity contribution in [2.24, 2.45) is 5.92 Å². The zero-order valence-electron chi connectivity index (χ0n) is 15.0. The van der Waals surface area contributed by atoms with Crippen LogP contribution in [-0.4, -0.2) is 39.2 Å². The van der Waals surface area contributed by atoms with Crippen LogP contribution in [0.3, 0.4) is 0 Å². The lowest BCUT2D eigenvalue weighted by Crippen LogP contribution is -2.41. The topological polar surface area (TPSA) is 75.9 Å². The van der Waals surface area contributed by atoms with E-state index in [9.17, 15) is 4.79 Å². The van der Waals surface area contributed by atoms with Gasteiger partial charge in [0, 0.05) is 25.6 Å². The van der Waals surface area contributed by atoms with Crippen molar-refractivity contribution >= 4 is 11.9 Å². The van der Waals surface area contributed by atoms with Crippen LogP contribution in [-0.2, 0) is 11.3 Å². The molecule has 1 aliphatic heterocycles. The molecule has 0 saturated carbocycles. The van der Waals surface area contributed by atoms with Gasteiger partial charge in [0.15, 0.2) is 0 Å². The summed E-state index contributed by atoms with van der Waals surface area (Å²) in [6, 6.07) is 19.8. The van der Waals surface area contributed by atoms with E-state index >= 15 is 0 Å². The Morgan fingerprint density at radius 3 is 2.37 bits per heavy atom. The van der Waals surface area contributed by atoms with Crippen molar-refractivity contribution in [3.63, 3.8) is 0 Å². The number of rotatable bonds is 5. The number of nitrogens with zero attached hydrogens (tertiary/aromatic N) is 5. The third-order valence-corrected chi connectivity index (χ3v) is 4.91. The normalized spacial score (nSPS) is 14.9. The summed E-state index contributed by atoms with van der Waals surface area (Å²) in [5, 5.41) is 15.2. The first-order valence-electron chi connectivity index (χ1n) is 9.21. The molecule has 7 heteroatoms. The van der Waals surface area contributed by atoms with E-state index in [4.69, 9.17) is 0 Å². The Hall–Kier alpha value is -3.22. The predicted molar refractivity (Wildman–Crippen MR) is 102 cm³/mol. The molecule has 2 heterocycles. The number of tetrazole rings is 1. The molecule has 0 bridgehead atoms. The number of aromatic nitrogens is 4. The molecular weight excluding hydrogens is 340 g/mol. The zero-order valence-corrected chi connectivity index (χ0v) is 15.0. The Kier molecular flexibility index (Phi) is 5.09. The predicted octanol–water partition coefficient (Wildman–Crippen LogP) is 2.20. The molecule has 1 N–H and O–H groups in total. The standard InChI is InChI=1S/C20H22N6O/c27-19(21-15-16-7-3-1-4-8-16)17-11-13-25(14-12-17)20-22-23-24-26(20)18-9-5-2-6-10-18/h1-10,17H,11-15H2,(H,21,27). The molecule has 138 valence electrons. The Bertz CT molecular complexity index is 872. The molecule has 7 nitrogen and oxygen atoms in total. The smallest absolute Gasteiger partial charge is 0.250 e. The molecule has 1 aliphatic rings. The number of hydrogen-bond donors (Lipinski definition) is 1. The minimum atomic E-state index is 0.0334. The van der Waals surface area contributed by atoms with Crippen LogP contribution in [0, 0.1) is 5.92 Å². The monoisotopic (exact) mass is 362 g/mol. The summed E-state index contributed by atoms with van der Waals surface area (Å²) >= 11 is 0. The number of hydrogen-bond acceptors (Lipinski definition) is 5. The molecule has 27 heavy (non-hydrogen) atoms. The second-order valence-electron chi connectivity index (χ2n) is 6.69. The average molecular weight is 362 g/mol. The van der Waals surface area contributed by atoms with Crippen molar-refractivity contribution in [1.29, 1.82) is 0 Å². The van der Waals surface area contributed by atoms with Gasteiger partial charge in [-0.3, -0.25) is 4.79 Å². The maximum atomic E-state index is 12.5. The molecule has 0 spiro atoms. The Morgan fingerprint density at radius 2 is 1.67 bits per heavy atom. The highest BCUT2D eigenvalue weighted by Crippen LogP contribution is 2.23. The van der Waals surface area contributed by atoms with Crippen LogP contribution in [0.2, 0.25) is 0 Å². The molecule has 1 amide bonds. The summed E-state index contributed by atoms with van der Waals surface area (Å²) in [6.07, 6.45) is 1.59. The molecule has 4 rings (SSSR count). The van der Waals surface area contributed by atoms with E-state index in [1.54, 1.807) is 4.68 Å². The van der Waals surface area contributed by atoms with Crippen LogP contribution in [0.25, 0.3) is 5.69 Å². The van der Waals surface area contributed by atoms with Gasteiger partial charge in [0.2, 0.25) is 11.9 Å². The highest BCUT2D eigenvalue weighted by atomic mass is 16.1. The van der Waals surface area contributed by atoms with Gasteiger partial charge in [0.25, 0.3) is 0 Å². The molecule has 1 saturated heterocycles. The number of carbonyl (C=O) groups is 1. The fourth-order valence-corrected chi connectivity index (χ4v) is 3.39. The van der Waals surface area contributed by atoms with E-state index in [1.165, 1.54) is 0 Å². The fourth-order valence-electron chi connectivity index (χ4n) is 3.39. The van der Waals surface area contributed by atoms with Crippen LogP contribution in [0.1, 0.15) is 18.4 Å². The molecule has 3 aromatic rings. The molecule has 0 radical (unpaired) electrons. The maximum absolute atomic E-state index is 12.5. The van der Waals surface area contributed by atoms with Gasteiger partial charge < -0.3 is 10.2 Å². The Balaban J connectivity index is 1.34. The minimum Gasteiger partial charge on any atom is -0.352 e. The first kappa shape index (κ1) is 17.2. The van der Waals surface area contributed by atoms with Crippen molar-refractivity contribution < 1.29 is 4.79 Å². The van der Waals surface area contributed by atoms with Crippen LogP contribution in [0.4, 0.5) is 5.95 Å². The largest absolute Gasteiger partial charge is 0.352 e. The zero-order chi connectivity index (χ0) is 18.5. The summed E-state index contributed by atoms with van der Waals surface area (Å²) < 4.78 is 1.75. The SMILES string of the molecule is O=C(NCc1ccccc1)C1CCN(c2nnnn2-c2ccccc2)CC1. The van der Waals surface area contributed by atoms with Gasteiger partial charge in [0.05, 0.1) is 5.69 Å². The van der Waals surface area contributed by atoms with E-state index < -0.39 is 0 Å². The molecular formula is C20H22N6O. The van der Waals surface area contributed by atoms with E-state index in [2.05, 4.69) is 25.7 Å². The average Bonchev–Trinajstić information content (AvgIpc) is 3.23. The van der Waals surface area contributed by atoms with Gasteiger partial charge in [0.1, 0.15) is 0 Å². The second kappa shape index (κ2) is 7.99. The number of anilines is 1. The Labute approximate surface area is 158 Å². The van der Waals surface area contributed by atoms with Gasteiger partial charge in [-0.05, 0) is 41.0 Å². The van der Waals surface area contributed by atoms with Gasteiger partial charge in [-0.25, -0.2) is 0 Å². The first-order valence-corrected chi connectivity index (χ1v) is 9.21. The highest BCUT2D eigenvalue weighted by molar-refractivity contribution is 5.78. The first-order chi connectivity index (χ1) is 13.3. The third-order valence-electron chi connectivity index (χ3n) is 4.91. The molecule has 0 atom stereocenters. The van der Waals surface area contributed by atoms with Gasteiger partial charge in [-0.15, -0.1) is 0 Å².